The van der Waals surface area contributed by atoms with Crippen LogP contribution in [0.15, 0.2) is 70.9 Å². The summed E-state index contributed by atoms with van der Waals surface area (Å²) >= 11 is 12.5. The van der Waals surface area contributed by atoms with Crippen molar-refractivity contribution in [2.24, 2.45) is 5.10 Å². The van der Waals surface area contributed by atoms with E-state index in [1.807, 2.05) is 5.01 Å². The van der Waals surface area contributed by atoms with Gasteiger partial charge in [-0.3, -0.25) is 0 Å². The van der Waals surface area contributed by atoms with E-state index >= 15 is 4.79 Å². The predicted molar refractivity (Wildman–Crippen MR) is 646 cm³/mol. The lowest BCUT2D eigenvalue weighted by Gasteiger charge is -2.33. The SMILES string of the molecule is CCCCCCCCCCCCOc1cc(N2N=C(c3cc(SCCCCCCCCCCCC)c(SCCCCCCCCCCCC)c(SCCCCCCCCCCCC)c3)[N]N(c3cc(SCCCCCCCCCCCC)c(SCCCCCCCCCCCC)c(SCCCCCCCCCCCC)c3)C2=O)cc(OCCCCCCCCCCCC)c1OCCCCCCCCCCCC. The van der Waals surface area contributed by atoms with Gasteiger partial charge in [-0.25, -0.2) is 4.79 Å². The molecule has 4 rings (SSSR count). The molecule has 0 aromatic heterocycles. The van der Waals surface area contributed by atoms with Gasteiger partial charge < -0.3 is 14.2 Å². The van der Waals surface area contributed by atoms with E-state index < -0.39 is 0 Å². The normalized spacial score (nSPS) is 12.3. The van der Waals surface area contributed by atoms with Crippen molar-refractivity contribution in [3.63, 3.8) is 0 Å². The fourth-order valence-corrected chi connectivity index (χ4v) is 27.4. The van der Waals surface area contributed by atoms with Crippen LogP contribution in [0.5, 0.6) is 17.2 Å². The Balaban J connectivity index is 2.12. The van der Waals surface area contributed by atoms with Gasteiger partial charge in [0.15, 0.2) is 11.5 Å². The summed E-state index contributed by atoms with van der Waals surface area (Å²) in [7, 11) is 0. The number of unbranched alkanes of at least 4 members (excludes halogenated alkanes) is 81. The van der Waals surface area contributed by atoms with Crippen molar-refractivity contribution < 1.29 is 19.0 Å². The zero-order valence-corrected chi connectivity index (χ0v) is 100. The summed E-state index contributed by atoms with van der Waals surface area (Å²) in [6, 6.07) is 13.8. The Morgan fingerprint density at radius 1 is 0.204 bits per heavy atom. The molecule has 0 spiro atoms. The number of rotatable bonds is 111. The Morgan fingerprint density at radius 2 is 0.387 bits per heavy atom. The van der Waals surface area contributed by atoms with Crippen LogP contribution in [0, 0.1) is 0 Å². The number of amidine groups is 1. The van der Waals surface area contributed by atoms with Crippen molar-refractivity contribution in [2.75, 3.05) is 64.4 Å². The number of carbonyl (C=O) groups is 1. The molecular weight excluding hydrogens is 1850 g/mol. The van der Waals surface area contributed by atoms with Crippen molar-refractivity contribution in [1.82, 2.24) is 5.43 Å². The molecule has 14 heteroatoms. The van der Waals surface area contributed by atoms with Gasteiger partial charge in [-0.15, -0.1) is 81.1 Å². The van der Waals surface area contributed by atoms with E-state index in [1.54, 1.807) is 5.01 Å². The number of amides is 2. The fourth-order valence-electron chi connectivity index (χ4n) is 19.9. The number of urea groups is 1. The summed E-state index contributed by atoms with van der Waals surface area (Å²) in [6.45, 7) is 22.7. The van der Waals surface area contributed by atoms with E-state index in [1.165, 1.54) is 569 Å². The third kappa shape index (κ3) is 70.9. The van der Waals surface area contributed by atoms with Crippen LogP contribution in [-0.2, 0) is 0 Å². The average molecular weight is 2080 g/mol. The topological polar surface area (TPSA) is 77.7 Å². The first-order valence-corrected chi connectivity index (χ1v) is 68.9. The first kappa shape index (κ1) is 132. The number of hydrazone groups is 1. The fraction of sp³-hybridized carbons (Fsp3) is 0.844. The molecule has 0 aliphatic carbocycles. The van der Waals surface area contributed by atoms with E-state index in [0.29, 0.717) is 48.6 Å². The molecule has 3 aromatic rings. The van der Waals surface area contributed by atoms with Gasteiger partial charge in [0.25, 0.3) is 0 Å². The van der Waals surface area contributed by atoms with Gasteiger partial charge in [0.2, 0.25) is 11.6 Å². The number of nitrogens with zero attached hydrogens (tertiary/aromatic N) is 4. The maximum atomic E-state index is 17.2. The van der Waals surface area contributed by atoms with Gasteiger partial charge >= 0.3 is 6.03 Å². The molecule has 8 nitrogen and oxygen atoms in total. The lowest BCUT2D eigenvalue weighted by molar-refractivity contribution is 0.234. The first-order chi connectivity index (χ1) is 70.3. The molecule has 0 fully saturated rings. The van der Waals surface area contributed by atoms with Crippen molar-refractivity contribution in [2.45, 2.75) is 670 Å². The Hall–Kier alpha value is -2.10. The van der Waals surface area contributed by atoms with E-state index in [2.05, 4.69) is 169 Å². The van der Waals surface area contributed by atoms with Crippen molar-refractivity contribution in [3.8, 4) is 17.2 Å². The Morgan fingerprint density at radius 3 is 0.613 bits per heavy atom. The second kappa shape index (κ2) is 101. The highest BCUT2D eigenvalue weighted by molar-refractivity contribution is 8.04. The Kier molecular flexibility index (Phi) is 93.8. The van der Waals surface area contributed by atoms with E-state index in [-0.39, 0.29) is 6.03 Å². The van der Waals surface area contributed by atoms with Gasteiger partial charge in [-0.2, -0.15) is 10.0 Å². The van der Waals surface area contributed by atoms with Crippen molar-refractivity contribution in [3.05, 3.63) is 42.0 Å². The summed E-state index contributed by atoms with van der Waals surface area (Å²) < 4.78 is 21.7. The van der Waals surface area contributed by atoms with Crippen LogP contribution in [0.25, 0.3) is 0 Å². The van der Waals surface area contributed by atoms with Gasteiger partial charge in [0, 0.05) is 47.1 Å². The predicted octanol–water partition coefficient (Wildman–Crippen LogP) is 47.0. The molecule has 1 radical (unpaired) electrons. The van der Waals surface area contributed by atoms with E-state index in [4.69, 9.17) is 24.7 Å². The van der Waals surface area contributed by atoms with Gasteiger partial charge in [0.05, 0.1) is 31.2 Å². The summed E-state index contributed by atoms with van der Waals surface area (Å²) in [6.07, 6.45) is 118. The molecule has 3 aromatic carbocycles. The monoisotopic (exact) mass is 2080 g/mol. The number of ether oxygens (including phenoxy) is 3. The molecular formula is C128H231N4O4S6. The number of carbonyl (C=O) groups excluding carboxylic acids is 1. The molecule has 142 heavy (non-hydrogen) atoms. The molecule has 0 unspecified atom stereocenters. The van der Waals surface area contributed by atoms with Gasteiger partial charge in [0.1, 0.15) is 0 Å². The molecule has 1 aliphatic heterocycles. The highest BCUT2D eigenvalue weighted by atomic mass is 32.2. The van der Waals surface area contributed by atoms with Crippen LogP contribution in [0.2, 0.25) is 0 Å². The van der Waals surface area contributed by atoms with Gasteiger partial charge in [-0.1, -0.05) is 582 Å². The summed E-state index contributed by atoms with van der Waals surface area (Å²) in [5.74, 6) is 9.03. The zero-order valence-electron chi connectivity index (χ0n) is 95.3. The zero-order chi connectivity index (χ0) is 101. The third-order valence-corrected chi connectivity index (χ3v) is 36.8. The summed E-state index contributed by atoms with van der Waals surface area (Å²) in [5.41, 5.74) is 8.30. The second-order valence-electron chi connectivity index (χ2n) is 43.0. The second-order valence-corrected chi connectivity index (χ2v) is 49.8. The number of thioether (sulfide) groups is 6. The first-order valence-electron chi connectivity index (χ1n) is 63.0. The molecule has 2 amide bonds. The van der Waals surface area contributed by atoms with E-state index in [9.17, 15) is 0 Å². The minimum Gasteiger partial charge on any atom is -0.489 e. The van der Waals surface area contributed by atoms with E-state index in [0.717, 1.165) is 84.3 Å². The van der Waals surface area contributed by atoms with Crippen LogP contribution in [-0.4, -0.2) is 66.2 Å². The highest BCUT2D eigenvalue weighted by Crippen LogP contribution is 2.48. The van der Waals surface area contributed by atoms with Crippen LogP contribution < -0.4 is 29.7 Å². The maximum absolute atomic E-state index is 17.2. The lowest BCUT2D eigenvalue weighted by atomic mass is 10.1. The van der Waals surface area contributed by atoms with Gasteiger partial charge in [-0.05, 0) is 117 Å². The molecule has 0 saturated carbocycles. The third-order valence-electron chi connectivity index (χ3n) is 29.3. The molecule has 0 saturated heterocycles. The molecule has 0 bridgehead atoms. The number of hydrogen-bond donors (Lipinski definition) is 0. The number of anilines is 2. The molecule has 1 heterocycles. The molecule has 0 atom stereocenters. The van der Waals surface area contributed by atoms with Crippen LogP contribution in [0.1, 0.15) is 646 Å². The van der Waals surface area contributed by atoms with Crippen LogP contribution >= 0.6 is 70.6 Å². The quantitative estimate of drug-likeness (QED) is 0.0403. The Bertz CT molecular complexity index is 3160. The van der Waals surface area contributed by atoms with Crippen molar-refractivity contribution >= 4 is 93.8 Å². The minimum atomic E-state index is -0.277. The smallest absolute Gasteiger partial charge is 0.370 e. The molecule has 1 aliphatic rings. The summed E-state index contributed by atoms with van der Waals surface area (Å²) in [5, 5.41) is 9.34. The number of hydrogen-bond acceptors (Lipinski definition) is 11. The molecule has 0 N–H and O–H groups in total. The summed E-state index contributed by atoms with van der Waals surface area (Å²) in [4.78, 5) is 25.4. The van der Waals surface area contributed by atoms with Crippen LogP contribution in [0.3, 0.4) is 0 Å². The lowest BCUT2D eigenvalue weighted by Crippen LogP contribution is -2.52. The largest absolute Gasteiger partial charge is 0.489 e. The van der Waals surface area contributed by atoms with Crippen molar-refractivity contribution in [1.29, 1.82) is 0 Å². The minimum absolute atomic E-state index is 0.277. The Labute approximate surface area is 909 Å². The average Bonchev–Trinajstić information content (AvgIpc) is 0.757. The number of benzene rings is 3. The van der Waals surface area contributed by atoms with Crippen LogP contribution in [0.4, 0.5) is 16.2 Å². The standard InChI is InChI=1S/C128H231N4O4S6/c1-10-19-28-37-46-55-64-73-82-91-100-134-118-111-116(112-119(135-101-92-83-74-65-56-47-38-29-20-11-2)124(118)136-102-93-84-75-66-57-48-39-30-21-12-3)131-128(133)132(117-113-122(139-105-96-87-78-69-60-51-42-33-24-15-6)126(142-108-99-90-81-72-63-54-45-36-27-18-9)123(114-117)140-106-97-88-79-70-61-52-43-34-25-16-7)130-127(129-131)115-109-120(137-103-94-85-76-67-58-49-40-31-22-13-4)125(141-107-98-89-80-71-62-53-44-35-26-17-8)121(110-115)138-104-95-86-77-68-59-50-41-32-23-14-5/h109-114H,10-108H2,1-9H3. The molecule has 823 valence electrons. The maximum Gasteiger partial charge on any atom is 0.370 e. The highest BCUT2D eigenvalue weighted by Gasteiger charge is 2.36.